The van der Waals surface area contributed by atoms with E-state index in [1.54, 1.807) is 0 Å². The Morgan fingerprint density at radius 3 is 2.08 bits per heavy atom. The first-order chi connectivity index (χ1) is 12.2. The minimum absolute atomic E-state index is 0.118. The van der Waals surface area contributed by atoms with Crippen molar-refractivity contribution in [2.24, 2.45) is 0 Å². The molecule has 0 saturated heterocycles. The second-order valence-electron chi connectivity index (χ2n) is 5.98. The minimum Gasteiger partial charge on any atom is -0.481 e. The molecule has 0 aliphatic carbocycles. The number of hydrogen-bond donors (Lipinski definition) is 2. The number of benzene rings is 2. The SMILES string of the molecule is O=C(O)CCCCCNC(=O)c1c2ccccc2nc2ccccc12. The quantitative estimate of drug-likeness (QED) is 0.508. The number of rotatable bonds is 7. The molecule has 0 spiro atoms. The van der Waals surface area contributed by atoms with Gasteiger partial charge in [-0.3, -0.25) is 9.59 Å². The van der Waals surface area contributed by atoms with Crippen LogP contribution in [0.25, 0.3) is 21.8 Å². The molecular weight excluding hydrogens is 316 g/mol. The molecule has 3 aromatic rings. The van der Waals surface area contributed by atoms with Crippen molar-refractivity contribution < 1.29 is 14.7 Å². The van der Waals surface area contributed by atoms with Crippen LogP contribution < -0.4 is 5.32 Å². The Hall–Kier alpha value is -2.95. The Labute approximate surface area is 145 Å². The Balaban J connectivity index is 1.79. The number of carboxylic acid groups (broad SMARTS) is 1. The predicted molar refractivity (Wildman–Crippen MR) is 97.7 cm³/mol. The van der Waals surface area contributed by atoms with Crippen LogP contribution in [0, 0.1) is 0 Å². The molecule has 1 amide bonds. The molecule has 3 rings (SSSR count). The van der Waals surface area contributed by atoms with Crippen molar-refractivity contribution in [3.05, 3.63) is 54.1 Å². The number of aromatic nitrogens is 1. The van der Waals surface area contributed by atoms with Crippen LogP contribution in [0.15, 0.2) is 48.5 Å². The topological polar surface area (TPSA) is 79.3 Å². The van der Waals surface area contributed by atoms with Gasteiger partial charge in [-0.2, -0.15) is 0 Å². The van der Waals surface area contributed by atoms with Gasteiger partial charge in [-0.1, -0.05) is 42.8 Å². The number of unbranched alkanes of at least 4 members (excludes halogenated alkanes) is 2. The molecule has 0 aliphatic heterocycles. The van der Waals surface area contributed by atoms with Gasteiger partial charge in [-0.15, -0.1) is 0 Å². The molecule has 0 aliphatic rings. The number of hydrogen-bond acceptors (Lipinski definition) is 3. The normalized spacial score (nSPS) is 10.9. The number of fused-ring (bicyclic) bond motifs is 2. The number of carbonyl (C=O) groups excluding carboxylic acids is 1. The number of aliphatic carboxylic acids is 1. The number of pyridine rings is 1. The standard InChI is InChI=1S/C20H20N2O3/c23-18(24)12-2-1-7-13-21-20(25)19-14-8-3-5-10-16(14)22-17-11-6-4-9-15(17)19/h3-6,8-11H,1-2,7,12-13H2,(H,21,25)(H,23,24). The second kappa shape index (κ2) is 7.75. The number of amides is 1. The number of carbonyl (C=O) groups is 2. The van der Waals surface area contributed by atoms with E-state index in [-0.39, 0.29) is 12.3 Å². The van der Waals surface area contributed by atoms with Crippen LogP contribution >= 0.6 is 0 Å². The van der Waals surface area contributed by atoms with E-state index in [2.05, 4.69) is 10.3 Å². The summed E-state index contributed by atoms with van der Waals surface area (Å²) in [5.41, 5.74) is 2.24. The highest BCUT2D eigenvalue weighted by atomic mass is 16.4. The van der Waals surface area contributed by atoms with Gasteiger partial charge in [0.2, 0.25) is 0 Å². The molecule has 128 valence electrons. The van der Waals surface area contributed by atoms with E-state index in [0.717, 1.165) is 34.6 Å². The van der Waals surface area contributed by atoms with E-state index in [9.17, 15) is 9.59 Å². The third-order valence-electron chi connectivity index (χ3n) is 4.17. The second-order valence-corrected chi connectivity index (χ2v) is 5.98. The van der Waals surface area contributed by atoms with Crippen LogP contribution in [0.4, 0.5) is 0 Å². The molecule has 2 N–H and O–H groups in total. The van der Waals surface area contributed by atoms with E-state index in [1.807, 2.05) is 48.5 Å². The van der Waals surface area contributed by atoms with E-state index in [4.69, 9.17) is 5.11 Å². The summed E-state index contributed by atoms with van der Waals surface area (Å²) >= 11 is 0. The maximum atomic E-state index is 12.8. The first-order valence-corrected chi connectivity index (χ1v) is 8.44. The van der Waals surface area contributed by atoms with Crippen LogP contribution in [0.2, 0.25) is 0 Å². The molecule has 1 aromatic heterocycles. The average Bonchev–Trinajstić information content (AvgIpc) is 2.62. The largest absolute Gasteiger partial charge is 0.481 e. The third kappa shape index (κ3) is 3.94. The molecule has 0 fully saturated rings. The molecule has 0 bridgehead atoms. The van der Waals surface area contributed by atoms with Gasteiger partial charge in [0.1, 0.15) is 0 Å². The number of nitrogens with zero attached hydrogens (tertiary/aromatic N) is 1. The van der Waals surface area contributed by atoms with Gasteiger partial charge in [0.25, 0.3) is 5.91 Å². The van der Waals surface area contributed by atoms with Crippen molar-refractivity contribution in [1.82, 2.24) is 10.3 Å². The van der Waals surface area contributed by atoms with Gasteiger partial charge in [0.05, 0.1) is 16.6 Å². The van der Waals surface area contributed by atoms with E-state index in [1.165, 1.54) is 0 Å². The number of carboxylic acids is 1. The molecular formula is C20H20N2O3. The Morgan fingerprint density at radius 2 is 1.48 bits per heavy atom. The first-order valence-electron chi connectivity index (χ1n) is 8.44. The maximum Gasteiger partial charge on any atom is 0.303 e. The number of para-hydroxylation sites is 2. The highest BCUT2D eigenvalue weighted by Gasteiger charge is 2.15. The smallest absolute Gasteiger partial charge is 0.303 e. The lowest BCUT2D eigenvalue weighted by Gasteiger charge is -2.11. The summed E-state index contributed by atoms with van der Waals surface area (Å²) in [5.74, 6) is -0.896. The van der Waals surface area contributed by atoms with E-state index in [0.29, 0.717) is 18.5 Å². The lowest BCUT2D eigenvalue weighted by Crippen LogP contribution is -2.25. The van der Waals surface area contributed by atoms with Crippen LogP contribution in [0.3, 0.4) is 0 Å². The summed E-state index contributed by atoms with van der Waals surface area (Å²) in [6.07, 6.45) is 2.35. The van der Waals surface area contributed by atoms with Crippen molar-refractivity contribution in [1.29, 1.82) is 0 Å². The molecule has 0 radical (unpaired) electrons. The van der Waals surface area contributed by atoms with E-state index >= 15 is 0 Å². The fourth-order valence-corrected chi connectivity index (χ4v) is 2.95. The van der Waals surface area contributed by atoms with Crippen molar-refractivity contribution in [2.45, 2.75) is 25.7 Å². The zero-order chi connectivity index (χ0) is 17.6. The first kappa shape index (κ1) is 16.9. The molecule has 0 unspecified atom stereocenters. The highest BCUT2D eigenvalue weighted by Crippen LogP contribution is 2.25. The summed E-state index contributed by atoms with van der Waals surface area (Å²) in [4.78, 5) is 27.9. The summed E-state index contributed by atoms with van der Waals surface area (Å²) in [5, 5.41) is 13.3. The van der Waals surface area contributed by atoms with Gasteiger partial charge in [-0.25, -0.2) is 4.98 Å². The monoisotopic (exact) mass is 336 g/mol. The molecule has 5 heteroatoms. The lowest BCUT2D eigenvalue weighted by atomic mass is 10.0. The van der Waals surface area contributed by atoms with Crippen LogP contribution in [-0.4, -0.2) is 28.5 Å². The Kier molecular flexibility index (Phi) is 5.23. The van der Waals surface area contributed by atoms with Crippen molar-refractivity contribution >= 4 is 33.7 Å². The summed E-state index contributed by atoms with van der Waals surface area (Å²) < 4.78 is 0. The zero-order valence-electron chi connectivity index (χ0n) is 13.9. The predicted octanol–water partition coefficient (Wildman–Crippen LogP) is 3.76. The highest BCUT2D eigenvalue weighted by molar-refractivity contribution is 6.16. The van der Waals surface area contributed by atoms with Crippen molar-refractivity contribution in [3.8, 4) is 0 Å². The lowest BCUT2D eigenvalue weighted by molar-refractivity contribution is -0.137. The molecule has 25 heavy (non-hydrogen) atoms. The Morgan fingerprint density at radius 1 is 0.880 bits per heavy atom. The summed E-state index contributed by atoms with van der Waals surface area (Å²) in [6, 6.07) is 15.3. The minimum atomic E-state index is -0.779. The fraction of sp³-hybridized carbons (Fsp3) is 0.250. The van der Waals surface area contributed by atoms with Gasteiger partial charge < -0.3 is 10.4 Å². The van der Waals surface area contributed by atoms with Gasteiger partial charge in [-0.05, 0) is 25.0 Å². The number of nitrogens with one attached hydrogen (secondary N) is 1. The average molecular weight is 336 g/mol. The molecule has 5 nitrogen and oxygen atoms in total. The van der Waals surface area contributed by atoms with Crippen LogP contribution in [0.5, 0.6) is 0 Å². The zero-order valence-corrected chi connectivity index (χ0v) is 13.9. The van der Waals surface area contributed by atoms with Crippen molar-refractivity contribution in [2.75, 3.05) is 6.54 Å². The third-order valence-corrected chi connectivity index (χ3v) is 4.17. The van der Waals surface area contributed by atoms with E-state index < -0.39 is 5.97 Å². The van der Waals surface area contributed by atoms with Gasteiger partial charge in [0, 0.05) is 23.7 Å². The van der Waals surface area contributed by atoms with Crippen LogP contribution in [0.1, 0.15) is 36.0 Å². The molecule has 0 saturated carbocycles. The Bertz CT molecular complexity index is 867. The van der Waals surface area contributed by atoms with Gasteiger partial charge in [0.15, 0.2) is 0 Å². The summed E-state index contributed by atoms with van der Waals surface area (Å²) in [6.45, 7) is 0.531. The van der Waals surface area contributed by atoms with Crippen LogP contribution in [-0.2, 0) is 4.79 Å². The van der Waals surface area contributed by atoms with Gasteiger partial charge >= 0.3 is 5.97 Å². The molecule has 0 atom stereocenters. The maximum absolute atomic E-state index is 12.8. The molecule has 2 aromatic carbocycles. The van der Waals surface area contributed by atoms with Crippen molar-refractivity contribution in [3.63, 3.8) is 0 Å². The fourth-order valence-electron chi connectivity index (χ4n) is 2.95. The summed E-state index contributed by atoms with van der Waals surface area (Å²) in [7, 11) is 0. The molecule has 1 heterocycles.